The van der Waals surface area contributed by atoms with Crippen LogP contribution in [0.3, 0.4) is 0 Å². The molecule has 1 saturated heterocycles. The van der Waals surface area contributed by atoms with Crippen molar-refractivity contribution in [3.63, 3.8) is 0 Å². The summed E-state index contributed by atoms with van der Waals surface area (Å²) < 4.78 is 34.0. The number of aliphatic hydroxyl groups excluding tert-OH is 1. The van der Waals surface area contributed by atoms with Crippen molar-refractivity contribution in [1.82, 2.24) is 9.55 Å². The molecule has 4 rings (SSSR count). The van der Waals surface area contributed by atoms with Crippen LogP contribution in [0.15, 0.2) is 29.2 Å². The second kappa shape index (κ2) is 8.55. The minimum Gasteiger partial charge on any atom is -0.490 e. The van der Waals surface area contributed by atoms with Crippen LogP contribution in [-0.2, 0) is 13.8 Å². The van der Waals surface area contributed by atoms with Crippen molar-refractivity contribution in [2.24, 2.45) is 5.73 Å². The number of fused-ring (bicyclic) bond motifs is 2. The zero-order valence-electron chi connectivity index (χ0n) is 16.1. The number of benzene rings is 1. The smallest absolute Gasteiger partial charge is 0.469 e. The van der Waals surface area contributed by atoms with Gasteiger partial charge in [-0.25, -0.2) is 9.36 Å². The van der Waals surface area contributed by atoms with Crippen LogP contribution in [0.5, 0.6) is 17.2 Å². The molecule has 1 unspecified atom stereocenters. The highest BCUT2D eigenvalue weighted by atomic mass is 31.2. The number of nitrogens with one attached hydrogen (secondary N) is 1. The highest BCUT2D eigenvalue weighted by molar-refractivity contribution is 7.46. The second-order valence-corrected chi connectivity index (χ2v) is 8.01. The van der Waals surface area contributed by atoms with E-state index in [0.717, 1.165) is 4.57 Å². The highest BCUT2D eigenvalue weighted by Gasteiger charge is 2.41. The number of hydrogen-bond acceptors (Lipinski definition) is 10. The zero-order chi connectivity index (χ0) is 22.2. The van der Waals surface area contributed by atoms with Gasteiger partial charge in [-0.1, -0.05) is 6.07 Å². The number of phosphoric acid groups is 1. The molecule has 31 heavy (non-hydrogen) atoms. The molecule has 1 aromatic heterocycles. The maximum absolute atomic E-state index is 12.6. The van der Waals surface area contributed by atoms with Gasteiger partial charge >= 0.3 is 13.5 Å². The van der Waals surface area contributed by atoms with Crippen molar-refractivity contribution in [2.45, 2.75) is 24.9 Å². The number of aliphatic hydroxyl groups is 1. The number of anilines is 2. The Morgan fingerprint density at radius 3 is 2.87 bits per heavy atom. The van der Waals surface area contributed by atoms with Crippen molar-refractivity contribution in [1.29, 1.82) is 0 Å². The number of rotatable bonds is 7. The fraction of sp³-hybridized carbons (Fsp3) is 0.412. The molecule has 1 fully saturated rings. The number of aromatic nitrogens is 2. The molecule has 0 spiro atoms. The first kappa shape index (κ1) is 21.7. The van der Waals surface area contributed by atoms with Gasteiger partial charge in [-0.3, -0.25) is 9.09 Å². The fourth-order valence-corrected chi connectivity index (χ4v) is 3.96. The Hall–Kier alpha value is -2.51. The van der Waals surface area contributed by atoms with Gasteiger partial charge in [0, 0.05) is 13.0 Å². The molecule has 1 aromatic carbocycles. The maximum atomic E-state index is 12.6. The van der Waals surface area contributed by atoms with E-state index < -0.39 is 38.6 Å². The third-order valence-corrected chi connectivity index (χ3v) is 5.23. The van der Waals surface area contributed by atoms with E-state index in [1.165, 1.54) is 6.20 Å². The van der Waals surface area contributed by atoms with Gasteiger partial charge in [-0.05, 0) is 12.1 Å². The molecule has 3 heterocycles. The largest absolute Gasteiger partial charge is 0.490 e. The van der Waals surface area contributed by atoms with E-state index >= 15 is 0 Å². The van der Waals surface area contributed by atoms with Gasteiger partial charge in [0.1, 0.15) is 36.5 Å². The number of para-hydroxylation sites is 1. The lowest BCUT2D eigenvalue weighted by Gasteiger charge is -2.24. The zero-order valence-corrected chi connectivity index (χ0v) is 17.0. The molecule has 14 heteroatoms. The Morgan fingerprint density at radius 1 is 1.35 bits per heavy atom. The fourth-order valence-electron chi connectivity index (χ4n) is 3.39. The van der Waals surface area contributed by atoms with Gasteiger partial charge in [0.25, 0.3) is 0 Å². The molecular formula is C17H21N4O9P. The monoisotopic (exact) mass is 456 g/mol. The van der Waals surface area contributed by atoms with Gasteiger partial charge in [0.2, 0.25) is 0 Å². The molecule has 0 bridgehead atoms. The maximum Gasteiger partial charge on any atom is 0.469 e. The van der Waals surface area contributed by atoms with E-state index in [1.807, 2.05) is 0 Å². The topological polar surface area (TPSA) is 188 Å². The predicted octanol–water partition coefficient (Wildman–Crippen LogP) is 0.188. The van der Waals surface area contributed by atoms with Crippen LogP contribution in [0.25, 0.3) is 0 Å². The Kier molecular flexibility index (Phi) is 5.99. The summed E-state index contributed by atoms with van der Waals surface area (Å²) in [5.41, 5.74) is 5.28. The summed E-state index contributed by atoms with van der Waals surface area (Å²) in [6, 6.07) is 5.16. The summed E-state index contributed by atoms with van der Waals surface area (Å²) in [7, 11) is -4.81. The molecule has 0 aliphatic carbocycles. The molecule has 0 saturated carbocycles. The number of hydrogen-bond donors (Lipinski definition) is 5. The first-order valence-electron chi connectivity index (χ1n) is 9.33. The Labute approximate surface area is 175 Å². The highest BCUT2D eigenvalue weighted by Crippen LogP contribution is 2.46. The molecule has 2 aliphatic rings. The average molecular weight is 456 g/mol. The van der Waals surface area contributed by atoms with Crippen molar-refractivity contribution in [2.75, 3.05) is 25.1 Å². The molecule has 3 atom stereocenters. The Balaban J connectivity index is 1.60. The van der Waals surface area contributed by atoms with Gasteiger partial charge < -0.3 is 40.2 Å². The van der Waals surface area contributed by atoms with E-state index in [1.54, 1.807) is 18.2 Å². The van der Waals surface area contributed by atoms with Gasteiger partial charge in [-0.2, -0.15) is 4.98 Å². The van der Waals surface area contributed by atoms with Crippen molar-refractivity contribution < 1.29 is 38.2 Å². The molecule has 2 aromatic rings. The average Bonchev–Trinajstić information content (AvgIpc) is 3.11. The van der Waals surface area contributed by atoms with Gasteiger partial charge in [0.15, 0.2) is 17.3 Å². The Bertz CT molecular complexity index is 1070. The Morgan fingerprint density at radius 2 is 2.16 bits per heavy atom. The lowest BCUT2D eigenvalue weighted by atomic mass is 10.2. The number of ether oxygens (including phenoxy) is 3. The minimum absolute atomic E-state index is 0.0855. The van der Waals surface area contributed by atoms with E-state index in [0.29, 0.717) is 30.3 Å². The number of phosphoric ester groups is 1. The summed E-state index contributed by atoms with van der Waals surface area (Å²) >= 11 is 0. The van der Waals surface area contributed by atoms with Crippen LogP contribution in [0.2, 0.25) is 0 Å². The third kappa shape index (κ3) is 4.57. The first-order chi connectivity index (χ1) is 14.8. The molecular weight excluding hydrogens is 435 g/mol. The summed E-state index contributed by atoms with van der Waals surface area (Å²) in [6.45, 7) is 0.0707. The van der Waals surface area contributed by atoms with Crippen molar-refractivity contribution in [3.05, 3.63) is 34.9 Å². The molecule has 168 valence electrons. The van der Waals surface area contributed by atoms with E-state index in [4.69, 9.17) is 29.7 Å². The van der Waals surface area contributed by atoms with Crippen LogP contribution in [0.1, 0.15) is 12.6 Å². The van der Waals surface area contributed by atoms with Crippen LogP contribution < -0.4 is 26.2 Å². The number of nitrogens with zero attached hydrogens (tertiary/aromatic N) is 2. The van der Waals surface area contributed by atoms with Crippen LogP contribution in [-0.4, -0.2) is 56.4 Å². The van der Waals surface area contributed by atoms with Gasteiger partial charge in [-0.15, -0.1) is 0 Å². The van der Waals surface area contributed by atoms with Crippen molar-refractivity contribution in [3.8, 4) is 17.2 Å². The van der Waals surface area contributed by atoms with E-state index in [-0.39, 0.29) is 18.0 Å². The van der Waals surface area contributed by atoms with Crippen LogP contribution in [0, 0.1) is 0 Å². The number of nitrogens with two attached hydrogens (primary N) is 1. The van der Waals surface area contributed by atoms with E-state index in [9.17, 15) is 14.5 Å². The molecule has 2 aliphatic heterocycles. The quantitative estimate of drug-likeness (QED) is 0.304. The SMILES string of the molecule is NCCOc1cccc2c1Nc1nc(=O)n([C@H]3CC(OP(=O)(O)O)[C@@H](CO)O3)cc1O2. The van der Waals surface area contributed by atoms with E-state index in [2.05, 4.69) is 14.8 Å². The lowest BCUT2D eigenvalue weighted by molar-refractivity contribution is -0.0453. The van der Waals surface area contributed by atoms with Crippen LogP contribution in [0.4, 0.5) is 11.5 Å². The lowest BCUT2D eigenvalue weighted by Crippen LogP contribution is -2.29. The molecule has 13 nitrogen and oxygen atoms in total. The summed E-state index contributed by atoms with van der Waals surface area (Å²) in [4.78, 5) is 34.7. The standard InChI is InChI=1S/C17H21N4O9P/c18-4-5-27-9-2-1-3-10-15(9)19-16-12(28-10)7-21(17(23)20-16)14-6-11(13(8-22)29-14)30-31(24,25)26/h1-3,7,11,13-14,22H,4-6,8,18H2,(H,19,20,23)(H2,24,25,26)/t11?,13-,14-/m1/s1. The minimum atomic E-state index is -4.81. The summed E-state index contributed by atoms with van der Waals surface area (Å²) in [5, 5.41) is 12.5. The normalized spacial score (nSPS) is 22.3. The molecule has 0 radical (unpaired) electrons. The predicted molar refractivity (Wildman–Crippen MR) is 105 cm³/mol. The summed E-state index contributed by atoms with van der Waals surface area (Å²) in [5.74, 6) is 1.32. The third-order valence-electron chi connectivity index (χ3n) is 4.69. The summed E-state index contributed by atoms with van der Waals surface area (Å²) in [6.07, 6.45) is -1.82. The van der Waals surface area contributed by atoms with Crippen molar-refractivity contribution >= 4 is 19.3 Å². The van der Waals surface area contributed by atoms with Crippen LogP contribution >= 0.6 is 7.82 Å². The molecule has 6 N–H and O–H groups in total. The second-order valence-electron chi connectivity index (χ2n) is 6.82. The van der Waals surface area contributed by atoms with Gasteiger partial charge in [0.05, 0.1) is 12.8 Å². The molecule has 0 amide bonds. The first-order valence-corrected chi connectivity index (χ1v) is 10.9.